The largest absolute Gasteiger partial charge is 0.297 e. The van der Waals surface area contributed by atoms with Crippen molar-refractivity contribution in [3.8, 4) is 0 Å². The van der Waals surface area contributed by atoms with Gasteiger partial charge in [-0.05, 0) is 87.9 Å². The monoisotopic (exact) mass is 442 g/mol. The third-order valence-electron chi connectivity index (χ3n) is 10.6. The molecule has 4 fully saturated rings. The number of carbonyl (C=O) groups excluding carboxylic acids is 2. The summed E-state index contributed by atoms with van der Waals surface area (Å²) in [6, 6.07) is 0. The van der Waals surface area contributed by atoms with Gasteiger partial charge in [0.05, 0.1) is 10.8 Å². The normalized spacial score (nSPS) is 40.1. The van der Waals surface area contributed by atoms with Crippen LogP contribution in [0.2, 0.25) is 0 Å². The molecule has 2 nitrogen and oxygen atoms in total. The second-order valence-electron chi connectivity index (χ2n) is 12.4. The molecule has 0 aromatic rings. The van der Waals surface area contributed by atoms with E-state index in [9.17, 15) is 9.59 Å². The molecule has 0 aliphatic heterocycles. The van der Waals surface area contributed by atoms with E-state index >= 15 is 0 Å². The van der Waals surface area contributed by atoms with Crippen LogP contribution in [-0.2, 0) is 9.59 Å². The van der Waals surface area contributed by atoms with Crippen molar-refractivity contribution in [2.75, 3.05) is 0 Å². The highest BCUT2D eigenvalue weighted by Gasteiger charge is 2.70. The van der Waals surface area contributed by atoms with E-state index in [2.05, 4.69) is 13.8 Å². The minimum atomic E-state index is -0.539. The Morgan fingerprint density at radius 1 is 0.562 bits per heavy atom. The van der Waals surface area contributed by atoms with E-state index < -0.39 is 10.8 Å². The van der Waals surface area contributed by atoms with Crippen molar-refractivity contribution < 1.29 is 9.59 Å². The van der Waals surface area contributed by atoms with E-state index in [1.54, 1.807) is 0 Å². The van der Waals surface area contributed by atoms with Gasteiger partial charge in [-0.25, -0.2) is 0 Å². The number of Topliss-reactive ketones (excluding diaryl/α,β-unsaturated/α-hetero) is 2. The van der Waals surface area contributed by atoms with Crippen LogP contribution < -0.4 is 0 Å². The number of carbonyl (C=O) groups is 2. The molecule has 4 aliphatic rings. The molecule has 0 atom stereocenters. The molecule has 0 aromatic carbocycles. The Labute approximate surface area is 198 Å². The molecule has 0 heterocycles. The van der Waals surface area contributed by atoms with Gasteiger partial charge < -0.3 is 0 Å². The summed E-state index contributed by atoms with van der Waals surface area (Å²) in [5, 5.41) is 0. The van der Waals surface area contributed by atoms with E-state index in [4.69, 9.17) is 0 Å². The minimum absolute atomic E-state index is 0.389. The predicted molar refractivity (Wildman–Crippen MR) is 133 cm³/mol. The van der Waals surface area contributed by atoms with Crippen LogP contribution in [0.15, 0.2) is 0 Å². The standard InChI is InChI=1S/C30H50O2/c1-3-5-7-9-23-11-13-25(14-12-23)26-17-21-30(22-18-26)27(31)29(28(30)32)19-15-24(16-20-29)10-8-6-4-2/h23-26H,3-22H2,1-2H3. The topological polar surface area (TPSA) is 34.1 Å². The molecule has 0 amide bonds. The maximum Gasteiger partial charge on any atom is 0.159 e. The van der Waals surface area contributed by atoms with Gasteiger partial charge in [-0.1, -0.05) is 78.1 Å². The maximum absolute atomic E-state index is 13.5. The third-order valence-corrected chi connectivity index (χ3v) is 10.6. The first-order valence-electron chi connectivity index (χ1n) is 14.7. The van der Waals surface area contributed by atoms with E-state index in [0.717, 1.165) is 75.0 Å². The first-order valence-corrected chi connectivity index (χ1v) is 14.7. The lowest BCUT2D eigenvalue weighted by atomic mass is 9.42. The molecule has 0 N–H and O–H groups in total. The highest BCUT2D eigenvalue weighted by atomic mass is 16.2. The van der Waals surface area contributed by atoms with Crippen LogP contribution in [0.25, 0.3) is 0 Å². The molecule has 0 radical (unpaired) electrons. The second-order valence-corrected chi connectivity index (χ2v) is 12.4. The quantitative estimate of drug-likeness (QED) is 0.265. The van der Waals surface area contributed by atoms with Gasteiger partial charge in [0, 0.05) is 0 Å². The Balaban J connectivity index is 1.22. The van der Waals surface area contributed by atoms with Crippen molar-refractivity contribution in [3.05, 3.63) is 0 Å². The van der Waals surface area contributed by atoms with Crippen LogP contribution in [0.3, 0.4) is 0 Å². The van der Waals surface area contributed by atoms with E-state index in [1.807, 2.05) is 0 Å². The van der Waals surface area contributed by atoms with Crippen LogP contribution in [0.1, 0.15) is 142 Å². The number of hydrogen-bond donors (Lipinski definition) is 0. The van der Waals surface area contributed by atoms with Gasteiger partial charge in [0.25, 0.3) is 0 Å². The van der Waals surface area contributed by atoms with Gasteiger partial charge in [-0.2, -0.15) is 0 Å². The van der Waals surface area contributed by atoms with Crippen LogP contribution >= 0.6 is 0 Å². The Kier molecular flexibility index (Phi) is 8.20. The zero-order valence-electron chi connectivity index (χ0n) is 21.3. The fourth-order valence-corrected chi connectivity index (χ4v) is 8.35. The molecule has 0 aromatic heterocycles. The number of hydrogen-bond acceptors (Lipinski definition) is 2. The Morgan fingerprint density at radius 3 is 1.44 bits per heavy atom. The van der Waals surface area contributed by atoms with Crippen molar-refractivity contribution in [3.63, 3.8) is 0 Å². The fourth-order valence-electron chi connectivity index (χ4n) is 8.35. The summed E-state index contributed by atoms with van der Waals surface area (Å²) in [6.45, 7) is 4.56. The van der Waals surface area contributed by atoms with Crippen molar-refractivity contribution in [2.24, 2.45) is 34.5 Å². The Hall–Kier alpha value is -0.660. The van der Waals surface area contributed by atoms with Crippen LogP contribution in [0, 0.1) is 34.5 Å². The van der Waals surface area contributed by atoms with E-state index in [0.29, 0.717) is 11.6 Å². The van der Waals surface area contributed by atoms with Gasteiger partial charge in [0.2, 0.25) is 0 Å². The molecule has 2 heteroatoms. The molecule has 0 unspecified atom stereocenters. The van der Waals surface area contributed by atoms with Crippen molar-refractivity contribution in [1.29, 1.82) is 0 Å². The summed E-state index contributed by atoms with van der Waals surface area (Å²) < 4.78 is 0. The molecule has 4 saturated carbocycles. The highest BCUT2D eigenvalue weighted by molar-refractivity contribution is 6.30. The molecule has 32 heavy (non-hydrogen) atoms. The first-order chi connectivity index (χ1) is 15.6. The van der Waals surface area contributed by atoms with Crippen molar-refractivity contribution >= 4 is 11.6 Å². The number of unbranched alkanes of at least 4 members (excludes halogenated alkanes) is 4. The van der Waals surface area contributed by atoms with Crippen molar-refractivity contribution in [2.45, 2.75) is 142 Å². The van der Waals surface area contributed by atoms with Crippen LogP contribution in [0.5, 0.6) is 0 Å². The molecular formula is C30H50O2. The smallest absolute Gasteiger partial charge is 0.159 e. The molecule has 2 spiro atoms. The van der Waals surface area contributed by atoms with Gasteiger partial charge in [0.15, 0.2) is 11.6 Å². The fraction of sp³-hybridized carbons (Fsp3) is 0.933. The summed E-state index contributed by atoms with van der Waals surface area (Å²) in [7, 11) is 0. The van der Waals surface area contributed by atoms with Gasteiger partial charge in [-0.15, -0.1) is 0 Å². The molecule has 4 rings (SSSR count). The average Bonchev–Trinajstić information content (AvgIpc) is 2.85. The van der Waals surface area contributed by atoms with Gasteiger partial charge >= 0.3 is 0 Å². The van der Waals surface area contributed by atoms with Crippen LogP contribution in [0.4, 0.5) is 0 Å². The Bertz CT molecular complexity index is 605. The van der Waals surface area contributed by atoms with Crippen LogP contribution in [-0.4, -0.2) is 11.6 Å². The predicted octanol–water partition coefficient (Wildman–Crippen LogP) is 8.46. The summed E-state index contributed by atoms with van der Waals surface area (Å²) >= 11 is 0. The molecule has 4 aliphatic carbocycles. The minimum Gasteiger partial charge on any atom is -0.297 e. The van der Waals surface area contributed by atoms with Gasteiger partial charge in [0.1, 0.15) is 0 Å². The summed E-state index contributed by atoms with van der Waals surface area (Å²) in [5.74, 6) is 4.16. The maximum atomic E-state index is 13.5. The lowest BCUT2D eigenvalue weighted by Gasteiger charge is -2.57. The molecular weight excluding hydrogens is 392 g/mol. The first kappa shape index (κ1) is 24.5. The lowest BCUT2D eigenvalue weighted by molar-refractivity contribution is -0.179. The third kappa shape index (κ3) is 4.63. The van der Waals surface area contributed by atoms with E-state index in [-0.39, 0.29) is 0 Å². The average molecular weight is 443 g/mol. The number of rotatable bonds is 9. The molecule has 182 valence electrons. The molecule has 0 saturated heterocycles. The Morgan fingerprint density at radius 2 is 0.969 bits per heavy atom. The summed E-state index contributed by atoms with van der Waals surface area (Å²) in [4.78, 5) is 27.0. The van der Waals surface area contributed by atoms with Gasteiger partial charge in [-0.3, -0.25) is 9.59 Å². The summed E-state index contributed by atoms with van der Waals surface area (Å²) in [6.07, 6.45) is 24.5. The van der Waals surface area contributed by atoms with E-state index in [1.165, 1.54) is 77.0 Å². The lowest BCUT2D eigenvalue weighted by Crippen LogP contribution is -2.68. The van der Waals surface area contributed by atoms with Crippen molar-refractivity contribution in [1.82, 2.24) is 0 Å². The zero-order chi connectivity index (χ0) is 22.6. The zero-order valence-corrected chi connectivity index (χ0v) is 21.3. The number of ketones is 2. The SMILES string of the molecule is CCCCCC1CCC(C2CCC3(CC2)C(=O)C2(CCC(CCCCC)CC2)C3=O)CC1. The highest BCUT2D eigenvalue weighted by Crippen LogP contribution is 2.62. The second kappa shape index (κ2) is 10.7. The summed E-state index contributed by atoms with van der Waals surface area (Å²) in [5.41, 5.74) is -1.08. The molecule has 0 bridgehead atoms.